The van der Waals surface area contributed by atoms with Crippen molar-refractivity contribution in [2.75, 3.05) is 14.2 Å². The lowest BCUT2D eigenvalue weighted by atomic mass is 10.1. The van der Waals surface area contributed by atoms with Crippen LogP contribution in [0.15, 0.2) is 42.5 Å². The molecule has 0 saturated heterocycles. The van der Waals surface area contributed by atoms with Crippen LogP contribution in [0.2, 0.25) is 0 Å². The lowest BCUT2D eigenvalue weighted by Gasteiger charge is -2.10. The summed E-state index contributed by atoms with van der Waals surface area (Å²) in [5, 5.41) is 0. The van der Waals surface area contributed by atoms with Gasteiger partial charge in [-0.2, -0.15) is 0 Å². The van der Waals surface area contributed by atoms with Crippen molar-refractivity contribution in [3.05, 3.63) is 59.4 Å². The van der Waals surface area contributed by atoms with Gasteiger partial charge in [-0.25, -0.2) is 4.39 Å². The van der Waals surface area contributed by atoms with Gasteiger partial charge in [-0.3, -0.25) is 20.4 Å². The molecule has 0 radical (unpaired) electrons. The van der Waals surface area contributed by atoms with Crippen LogP contribution in [-0.4, -0.2) is 26.0 Å². The fourth-order valence-corrected chi connectivity index (χ4v) is 2.15. The van der Waals surface area contributed by atoms with Crippen molar-refractivity contribution in [3.63, 3.8) is 0 Å². The molecule has 6 nitrogen and oxygen atoms in total. The van der Waals surface area contributed by atoms with Crippen molar-refractivity contribution in [2.45, 2.75) is 12.8 Å². The van der Waals surface area contributed by atoms with Crippen LogP contribution in [0, 0.1) is 5.82 Å². The smallest absolute Gasteiger partial charge is 0.269 e. The first-order valence-electron chi connectivity index (χ1n) is 7.59. The van der Waals surface area contributed by atoms with Crippen LogP contribution >= 0.6 is 0 Å². The Morgan fingerprint density at radius 3 is 2.24 bits per heavy atom. The summed E-state index contributed by atoms with van der Waals surface area (Å²) in [5.41, 5.74) is 5.33. The van der Waals surface area contributed by atoms with E-state index in [0.29, 0.717) is 17.1 Å². The first-order valence-corrected chi connectivity index (χ1v) is 7.59. The molecule has 0 aliphatic heterocycles. The average molecular weight is 346 g/mol. The molecule has 0 aromatic heterocycles. The van der Waals surface area contributed by atoms with Gasteiger partial charge in [-0.05, 0) is 30.2 Å². The van der Waals surface area contributed by atoms with E-state index in [0.717, 1.165) is 0 Å². The molecule has 0 fully saturated rings. The Bertz CT molecular complexity index is 742. The third-order valence-corrected chi connectivity index (χ3v) is 3.51. The highest BCUT2D eigenvalue weighted by atomic mass is 19.1. The monoisotopic (exact) mass is 346 g/mol. The Labute approximate surface area is 144 Å². The zero-order valence-corrected chi connectivity index (χ0v) is 14.0. The predicted molar refractivity (Wildman–Crippen MR) is 89.9 cm³/mol. The number of hydrazine groups is 1. The fourth-order valence-electron chi connectivity index (χ4n) is 2.15. The van der Waals surface area contributed by atoms with Crippen molar-refractivity contribution in [1.29, 1.82) is 0 Å². The Balaban J connectivity index is 1.89. The average Bonchev–Trinajstić information content (AvgIpc) is 2.64. The van der Waals surface area contributed by atoms with Gasteiger partial charge in [-0.1, -0.05) is 18.2 Å². The van der Waals surface area contributed by atoms with E-state index in [-0.39, 0.29) is 24.2 Å². The number of nitrogens with one attached hydrogen (secondary N) is 2. The quantitative estimate of drug-likeness (QED) is 0.787. The van der Waals surface area contributed by atoms with Crippen LogP contribution in [0.1, 0.15) is 22.3 Å². The standard InChI is InChI=1S/C18H19FN2O4/c1-24-14-9-13(10-15(11-14)25-2)18(23)21-20-17(22)8-7-12-5-3-4-6-16(12)19/h3-6,9-11H,7-8H2,1-2H3,(H,20,22)(H,21,23). The molecule has 2 rings (SSSR count). The molecule has 7 heteroatoms. The van der Waals surface area contributed by atoms with Crippen molar-refractivity contribution < 1.29 is 23.5 Å². The second-order valence-electron chi connectivity index (χ2n) is 5.20. The summed E-state index contributed by atoms with van der Waals surface area (Å²) in [6.07, 6.45) is 0.282. The van der Waals surface area contributed by atoms with Gasteiger partial charge in [0.15, 0.2) is 0 Å². The second kappa shape index (κ2) is 8.68. The highest BCUT2D eigenvalue weighted by Gasteiger charge is 2.11. The maximum atomic E-state index is 13.5. The molecule has 2 aromatic rings. The van der Waals surface area contributed by atoms with Crippen LogP contribution in [0.4, 0.5) is 4.39 Å². The number of methoxy groups -OCH3 is 2. The molecule has 0 spiro atoms. The number of benzene rings is 2. The van der Waals surface area contributed by atoms with Gasteiger partial charge in [0, 0.05) is 18.1 Å². The summed E-state index contributed by atoms with van der Waals surface area (Å²) in [6.45, 7) is 0. The summed E-state index contributed by atoms with van der Waals surface area (Å²) < 4.78 is 23.7. The minimum Gasteiger partial charge on any atom is -0.497 e. The van der Waals surface area contributed by atoms with Gasteiger partial charge in [0.05, 0.1) is 14.2 Å². The summed E-state index contributed by atoms with van der Waals surface area (Å²) in [4.78, 5) is 23.9. The Hall–Kier alpha value is -3.09. The number of ether oxygens (including phenoxy) is 2. The lowest BCUT2D eigenvalue weighted by molar-refractivity contribution is -0.121. The van der Waals surface area contributed by atoms with E-state index in [1.165, 1.54) is 32.4 Å². The van der Waals surface area contributed by atoms with Crippen LogP contribution in [0.5, 0.6) is 11.5 Å². The number of halogens is 1. The van der Waals surface area contributed by atoms with E-state index in [2.05, 4.69) is 10.9 Å². The highest BCUT2D eigenvalue weighted by Crippen LogP contribution is 2.22. The largest absolute Gasteiger partial charge is 0.497 e. The molecule has 0 aliphatic carbocycles. The van der Waals surface area contributed by atoms with E-state index in [4.69, 9.17) is 9.47 Å². The fraction of sp³-hybridized carbons (Fsp3) is 0.222. The van der Waals surface area contributed by atoms with Crippen LogP contribution in [0.3, 0.4) is 0 Å². The number of carbonyl (C=O) groups excluding carboxylic acids is 2. The second-order valence-corrected chi connectivity index (χ2v) is 5.20. The van der Waals surface area contributed by atoms with Gasteiger partial charge >= 0.3 is 0 Å². The molecule has 0 unspecified atom stereocenters. The van der Waals surface area contributed by atoms with E-state index in [1.807, 2.05) is 0 Å². The molecule has 0 atom stereocenters. The third kappa shape index (κ3) is 5.20. The van der Waals surface area contributed by atoms with Crippen LogP contribution < -0.4 is 20.3 Å². The SMILES string of the molecule is COc1cc(OC)cc(C(=O)NNC(=O)CCc2ccccc2F)c1. The molecular weight excluding hydrogens is 327 g/mol. The molecule has 0 saturated carbocycles. The molecule has 132 valence electrons. The summed E-state index contributed by atoms with van der Waals surface area (Å²) >= 11 is 0. The van der Waals surface area contributed by atoms with Crippen molar-refractivity contribution in [2.24, 2.45) is 0 Å². The molecule has 0 heterocycles. The first-order chi connectivity index (χ1) is 12.0. The van der Waals surface area contributed by atoms with Crippen LogP contribution in [0.25, 0.3) is 0 Å². The first kappa shape index (κ1) is 18.3. The number of carbonyl (C=O) groups is 2. The van der Waals surface area contributed by atoms with Crippen molar-refractivity contribution in [3.8, 4) is 11.5 Å². The number of aryl methyl sites for hydroxylation is 1. The normalized spacial score (nSPS) is 10.0. The lowest BCUT2D eigenvalue weighted by Crippen LogP contribution is -2.41. The zero-order chi connectivity index (χ0) is 18.2. The Morgan fingerprint density at radius 2 is 1.64 bits per heavy atom. The predicted octanol–water partition coefficient (Wildman–Crippen LogP) is 2.24. The summed E-state index contributed by atoms with van der Waals surface area (Å²) in [6, 6.07) is 10.9. The van der Waals surface area contributed by atoms with Gasteiger partial charge in [0.25, 0.3) is 5.91 Å². The topological polar surface area (TPSA) is 76.7 Å². The highest BCUT2D eigenvalue weighted by molar-refractivity contribution is 5.96. The van der Waals surface area contributed by atoms with Crippen molar-refractivity contribution in [1.82, 2.24) is 10.9 Å². The number of hydrogen-bond acceptors (Lipinski definition) is 4. The summed E-state index contributed by atoms with van der Waals surface area (Å²) in [5.74, 6) is -0.392. The third-order valence-electron chi connectivity index (χ3n) is 3.51. The van der Waals surface area contributed by atoms with E-state index in [1.54, 1.807) is 24.3 Å². The molecule has 2 N–H and O–H groups in total. The Kier molecular flexibility index (Phi) is 6.33. The van der Waals surface area contributed by atoms with Gasteiger partial charge < -0.3 is 9.47 Å². The number of hydrogen-bond donors (Lipinski definition) is 2. The maximum Gasteiger partial charge on any atom is 0.269 e. The van der Waals surface area contributed by atoms with Crippen molar-refractivity contribution >= 4 is 11.8 Å². The van der Waals surface area contributed by atoms with Crippen LogP contribution in [-0.2, 0) is 11.2 Å². The van der Waals surface area contributed by atoms with E-state index in [9.17, 15) is 14.0 Å². The minimum absolute atomic E-state index is 0.0443. The molecule has 2 aromatic carbocycles. The molecule has 25 heavy (non-hydrogen) atoms. The molecule has 2 amide bonds. The van der Waals surface area contributed by atoms with E-state index < -0.39 is 11.8 Å². The van der Waals surface area contributed by atoms with Gasteiger partial charge in [0.2, 0.25) is 5.91 Å². The molecule has 0 bridgehead atoms. The number of amides is 2. The molecule has 0 aliphatic rings. The Morgan fingerprint density at radius 1 is 1.00 bits per heavy atom. The van der Waals surface area contributed by atoms with Gasteiger partial charge in [0.1, 0.15) is 17.3 Å². The van der Waals surface area contributed by atoms with E-state index >= 15 is 0 Å². The maximum absolute atomic E-state index is 13.5. The number of rotatable bonds is 6. The summed E-state index contributed by atoms with van der Waals surface area (Å²) in [7, 11) is 2.95. The zero-order valence-electron chi connectivity index (χ0n) is 14.0. The molecular formula is C18H19FN2O4. The van der Waals surface area contributed by atoms with Gasteiger partial charge in [-0.15, -0.1) is 0 Å². The minimum atomic E-state index is -0.517.